The van der Waals surface area contributed by atoms with Crippen molar-refractivity contribution in [3.05, 3.63) is 12.2 Å². The molecule has 1 amide bonds. The van der Waals surface area contributed by atoms with Crippen molar-refractivity contribution in [1.82, 2.24) is 19.7 Å². The van der Waals surface area contributed by atoms with Crippen LogP contribution >= 0.6 is 0 Å². The summed E-state index contributed by atoms with van der Waals surface area (Å²) in [5.74, 6) is -1.41. The zero-order valence-electron chi connectivity index (χ0n) is 9.11. The molecule has 1 unspecified atom stereocenters. The zero-order chi connectivity index (χ0) is 12.6. The maximum Gasteiger partial charge on any atom is 0.471 e. The summed E-state index contributed by atoms with van der Waals surface area (Å²) in [6.07, 6.45) is -2.40. The van der Waals surface area contributed by atoms with Gasteiger partial charge in [-0.15, -0.1) is 10.2 Å². The summed E-state index contributed by atoms with van der Waals surface area (Å²) in [4.78, 5) is 12.1. The molecule has 1 atom stereocenters. The van der Waals surface area contributed by atoms with Gasteiger partial charge in [-0.2, -0.15) is 13.2 Å². The van der Waals surface area contributed by atoms with Crippen LogP contribution in [0.15, 0.2) is 6.33 Å². The fourth-order valence-corrected chi connectivity index (χ4v) is 2.03. The second kappa shape index (κ2) is 4.01. The van der Waals surface area contributed by atoms with Crippen molar-refractivity contribution in [2.24, 2.45) is 7.05 Å². The van der Waals surface area contributed by atoms with Crippen LogP contribution in [-0.4, -0.2) is 38.3 Å². The summed E-state index contributed by atoms with van der Waals surface area (Å²) in [6, 6.07) is -0.628. The Morgan fingerprint density at radius 2 is 2.24 bits per heavy atom. The number of aromatic nitrogens is 3. The molecular weight excluding hydrogens is 237 g/mol. The summed E-state index contributed by atoms with van der Waals surface area (Å²) in [6.45, 7) is 0.107. The number of amides is 1. The molecule has 0 aromatic carbocycles. The Labute approximate surface area is 95.2 Å². The number of rotatable bonds is 1. The molecule has 0 aliphatic carbocycles. The zero-order valence-corrected chi connectivity index (χ0v) is 9.11. The SMILES string of the molecule is Cn1cnnc1C1CCCN1C(=O)C(F)(F)F. The minimum Gasteiger partial charge on any atom is -0.325 e. The molecule has 0 bridgehead atoms. The van der Waals surface area contributed by atoms with Crippen LogP contribution in [0, 0.1) is 0 Å². The van der Waals surface area contributed by atoms with E-state index in [1.54, 1.807) is 7.05 Å². The number of nitrogens with zero attached hydrogens (tertiary/aromatic N) is 4. The van der Waals surface area contributed by atoms with E-state index >= 15 is 0 Å². The second-order valence-corrected chi connectivity index (χ2v) is 3.95. The molecule has 8 heteroatoms. The van der Waals surface area contributed by atoms with Gasteiger partial charge in [0.2, 0.25) is 0 Å². The molecule has 1 saturated heterocycles. The number of carbonyl (C=O) groups excluding carboxylic acids is 1. The fourth-order valence-electron chi connectivity index (χ4n) is 2.03. The summed E-state index contributed by atoms with van der Waals surface area (Å²) in [5.41, 5.74) is 0. The molecule has 5 nitrogen and oxygen atoms in total. The minimum absolute atomic E-state index is 0.107. The van der Waals surface area contributed by atoms with Crippen molar-refractivity contribution in [3.8, 4) is 0 Å². The Hall–Kier alpha value is -1.60. The van der Waals surface area contributed by atoms with Crippen molar-refractivity contribution in [2.75, 3.05) is 6.54 Å². The smallest absolute Gasteiger partial charge is 0.325 e. The highest BCUT2D eigenvalue weighted by molar-refractivity contribution is 5.82. The predicted octanol–water partition coefficient (Wildman–Crippen LogP) is 1.04. The van der Waals surface area contributed by atoms with E-state index in [1.165, 1.54) is 10.9 Å². The molecule has 1 aliphatic rings. The maximum absolute atomic E-state index is 12.4. The number of alkyl halides is 3. The topological polar surface area (TPSA) is 51.0 Å². The average Bonchev–Trinajstić information content (AvgIpc) is 2.82. The van der Waals surface area contributed by atoms with E-state index in [0.717, 1.165) is 4.90 Å². The quantitative estimate of drug-likeness (QED) is 0.746. The van der Waals surface area contributed by atoms with E-state index in [1.807, 2.05) is 0 Å². The van der Waals surface area contributed by atoms with Gasteiger partial charge in [0.25, 0.3) is 0 Å². The monoisotopic (exact) mass is 248 g/mol. The number of halogens is 3. The average molecular weight is 248 g/mol. The van der Waals surface area contributed by atoms with Crippen LogP contribution in [0.2, 0.25) is 0 Å². The third-order valence-electron chi connectivity index (χ3n) is 2.80. The molecule has 1 aromatic rings. The first-order valence-electron chi connectivity index (χ1n) is 5.13. The lowest BCUT2D eigenvalue weighted by Gasteiger charge is -2.24. The summed E-state index contributed by atoms with van der Waals surface area (Å²) >= 11 is 0. The molecule has 2 heterocycles. The lowest BCUT2D eigenvalue weighted by atomic mass is 10.2. The highest BCUT2D eigenvalue weighted by Gasteiger charge is 2.47. The minimum atomic E-state index is -4.83. The van der Waals surface area contributed by atoms with Gasteiger partial charge >= 0.3 is 12.1 Å². The molecule has 2 rings (SSSR count). The van der Waals surface area contributed by atoms with Crippen LogP contribution in [0.4, 0.5) is 13.2 Å². The van der Waals surface area contributed by atoms with E-state index in [4.69, 9.17) is 0 Å². The highest BCUT2D eigenvalue weighted by atomic mass is 19.4. The van der Waals surface area contributed by atoms with Crippen LogP contribution in [0.5, 0.6) is 0 Å². The first-order valence-corrected chi connectivity index (χ1v) is 5.13. The normalized spacial score (nSPS) is 20.9. The van der Waals surface area contributed by atoms with E-state index in [2.05, 4.69) is 10.2 Å². The van der Waals surface area contributed by atoms with Gasteiger partial charge in [0.15, 0.2) is 5.82 Å². The molecule has 94 valence electrons. The number of hydrogen-bond acceptors (Lipinski definition) is 3. The second-order valence-electron chi connectivity index (χ2n) is 3.95. The van der Waals surface area contributed by atoms with Crippen molar-refractivity contribution < 1.29 is 18.0 Å². The van der Waals surface area contributed by atoms with Crippen molar-refractivity contribution >= 4 is 5.91 Å². The summed E-state index contributed by atoms with van der Waals surface area (Å²) in [5, 5.41) is 7.38. The fraction of sp³-hybridized carbons (Fsp3) is 0.667. The van der Waals surface area contributed by atoms with Gasteiger partial charge in [-0.3, -0.25) is 4.79 Å². The van der Waals surface area contributed by atoms with E-state index in [-0.39, 0.29) is 6.54 Å². The van der Waals surface area contributed by atoms with Crippen LogP contribution in [0.1, 0.15) is 24.7 Å². The molecule has 17 heavy (non-hydrogen) atoms. The molecule has 0 saturated carbocycles. The van der Waals surface area contributed by atoms with Crippen molar-refractivity contribution in [1.29, 1.82) is 0 Å². The molecule has 1 aliphatic heterocycles. The van der Waals surface area contributed by atoms with Gasteiger partial charge in [0, 0.05) is 13.6 Å². The maximum atomic E-state index is 12.4. The van der Waals surface area contributed by atoms with Gasteiger partial charge in [-0.25, -0.2) is 0 Å². The van der Waals surface area contributed by atoms with Gasteiger partial charge in [0.1, 0.15) is 6.33 Å². The Bertz CT molecular complexity index is 428. The highest BCUT2D eigenvalue weighted by Crippen LogP contribution is 2.33. The number of carbonyl (C=O) groups is 1. The van der Waals surface area contributed by atoms with Gasteiger partial charge < -0.3 is 9.47 Å². The molecule has 1 aromatic heterocycles. The molecular formula is C9H11F3N4O. The molecule has 0 N–H and O–H groups in total. The van der Waals surface area contributed by atoms with Crippen molar-refractivity contribution in [3.63, 3.8) is 0 Å². The number of hydrogen-bond donors (Lipinski definition) is 0. The Morgan fingerprint density at radius 3 is 2.76 bits per heavy atom. The first kappa shape index (κ1) is 11.9. The van der Waals surface area contributed by atoms with E-state index in [0.29, 0.717) is 18.7 Å². The van der Waals surface area contributed by atoms with Gasteiger partial charge in [0.05, 0.1) is 6.04 Å². The number of likely N-dealkylation sites (tertiary alicyclic amines) is 1. The lowest BCUT2D eigenvalue weighted by Crippen LogP contribution is -2.41. The predicted molar refractivity (Wildman–Crippen MR) is 50.7 cm³/mol. The van der Waals surface area contributed by atoms with Crippen LogP contribution in [0.3, 0.4) is 0 Å². The van der Waals surface area contributed by atoms with E-state index < -0.39 is 18.1 Å². The van der Waals surface area contributed by atoms with Gasteiger partial charge in [-0.1, -0.05) is 0 Å². The third kappa shape index (κ3) is 2.11. The van der Waals surface area contributed by atoms with Gasteiger partial charge in [-0.05, 0) is 12.8 Å². The Balaban J connectivity index is 2.25. The first-order chi connectivity index (χ1) is 7.91. The molecule has 1 fully saturated rings. The Morgan fingerprint density at radius 1 is 1.53 bits per heavy atom. The standard InChI is InChI=1S/C9H11F3N4O/c1-15-5-13-14-7(15)6-3-2-4-16(6)8(17)9(10,11)12/h5-6H,2-4H2,1H3. The molecule has 0 spiro atoms. The van der Waals surface area contributed by atoms with Crippen LogP contribution in [-0.2, 0) is 11.8 Å². The number of aryl methyl sites for hydroxylation is 1. The summed E-state index contributed by atoms with van der Waals surface area (Å²) in [7, 11) is 1.64. The summed E-state index contributed by atoms with van der Waals surface area (Å²) < 4.78 is 38.7. The lowest BCUT2D eigenvalue weighted by molar-refractivity contribution is -0.186. The van der Waals surface area contributed by atoms with Crippen molar-refractivity contribution in [2.45, 2.75) is 25.1 Å². The van der Waals surface area contributed by atoms with Crippen LogP contribution < -0.4 is 0 Å². The largest absolute Gasteiger partial charge is 0.471 e. The Kier molecular flexibility index (Phi) is 2.80. The van der Waals surface area contributed by atoms with Crippen LogP contribution in [0.25, 0.3) is 0 Å². The van der Waals surface area contributed by atoms with E-state index in [9.17, 15) is 18.0 Å². The molecule has 0 radical (unpaired) electrons. The third-order valence-corrected chi connectivity index (χ3v) is 2.80.